The van der Waals surface area contributed by atoms with Gasteiger partial charge in [0, 0.05) is 58.4 Å². The van der Waals surface area contributed by atoms with E-state index in [1.807, 2.05) is 26.2 Å². The molecule has 4 aliphatic heterocycles. The molecule has 1 saturated carbocycles. The van der Waals surface area contributed by atoms with Crippen LogP contribution in [0.5, 0.6) is 0 Å². The Morgan fingerprint density at radius 1 is 1.21 bits per heavy atom. The van der Waals surface area contributed by atoms with Gasteiger partial charge in [-0.25, -0.2) is 0 Å². The van der Waals surface area contributed by atoms with Crippen LogP contribution in [-0.2, 0) is 4.79 Å². The Morgan fingerprint density at radius 3 is 2.61 bits per heavy atom. The topological polar surface area (TPSA) is 107 Å². The van der Waals surface area contributed by atoms with Gasteiger partial charge in [0.2, 0.25) is 5.91 Å². The first kappa shape index (κ1) is 27.4. The lowest BCUT2D eigenvalue weighted by Crippen LogP contribution is -2.70. The zero-order valence-corrected chi connectivity index (χ0v) is 23.0. The number of aliphatic hydroxyl groups is 1. The molecule has 2 bridgehead atoms. The van der Waals surface area contributed by atoms with E-state index in [4.69, 9.17) is 6.42 Å². The Kier molecular flexibility index (Phi) is 8.93. The number of carbonyl (C=O) groups is 1. The van der Waals surface area contributed by atoms with Crippen LogP contribution < -0.4 is 26.6 Å². The normalized spacial score (nSPS) is 33.1. The number of likely N-dealkylation sites (N-methyl/N-ethyl adjacent to an activating group) is 1. The number of terminal acetylenes is 1. The third-order valence-electron chi connectivity index (χ3n) is 8.93. The molecular weight excluding hydrogens is 480 g/mol. The minimum Gasteiger partial charge on any atom is -0.374 e. The van der Waals surface area contributed by atoms with Crippen molar-refractivity contribution in [2.45, 2.75) is 81.8 Å². The number of nitrogens with zero attached hydrogens (tertiary/aromatic N) is 3. The third-order valence-corrected chi connectivity index (χ3v) is 8.93. The lowest BCUT2D eigenvalue weighted by atomic mass is 9.98. The minimum atomic E-state index is -0.550. The Bertz CT molecular complexity index is 938. The number of fused-ring (bicyclic) bond motifs is 2. The van der Waals surface area contributed by atoms with Crippen LogP contribution >= 0.6 is 0 Å². The molecule has 38 heavy (non-hydrogen) atoms. The van der Waals surface area contributed by atoms with E-state index in [2.05, 4.69) is 42.3 Å². The Balaban J connectivity index is 1.25. The first-order chi connectivity index (χ1) is 18.4. The van der Waals surface area contributed by atoms with Crippen molar-refractivity contribution < 1.29 is 9.90 Å². The molecule has 10 nitrogen and oxygen atoms in total. The second kappa shape index (κ2) is 12.4. The van der Waals surface area contributed by atoms with Gasteiger partial charge in [-0.15, -0.1) is 6.42 Å². The van der Waals surface area contributed by atoms with Crippen LogP contribution in [-0.4, -0.2) is 109 Å². The molecule has 10 heteroatoms. The van der Waals surface area contributed by atoms with Gasteiger partial charge in [-0.05, 0) is 30.9 Å². The van der Waals surface area contributed by atoms with Crippen molar-refractivity contribution in [1.29, 1.82) is 0 Å². The van der Waals surface area contributed by atoms with E-state index < -0.39 is 6.23 Å². The van der Waals surface area contributed by atoms with Gasteiger partial charge in [0.1, 0.15) is 18.3 Å². The van der Waals surface area contributed by atoms with Gasteiger partial charge in [0.15, 0.2) is 0 Å². The molecule has 0 spiro atoms. The molecule has 4 heterocycles. The van der Waals surface area contributed by atoms with Crippen LogP contribution in [0.15, 0.2) is 23.5 Å². The summed E-state index contributed by atoms with van der Waals surface area (Å²) in [5, 5.41) is 28.6. The highest BCUT2D eigenvalue weighted by molar-refractivity contribution is 5.77. The maximum absolute atomic E-state index is 12.9. The van der Waals surface area contributed by atoms with Gasteiger partial charge in [-0.1, -0.05) is 37.7 Å². The summed E-state index contributed by atoms with van der Waals surface area (Å²) in [6.45, 7) is 3.47. The van der Waals surface area contributed by atoms with Crippen molar-refractivity contribution in [2.24, 2.45) is 5.92 Å². The SMILES string of the molecule is C#CC1CNC(NC2=CC=C([C@H](O)N3CC4CC3CN4)CN2)NC1N(CC(=O)N(C)C)C1CCCCCC1. The van der Waals surface area contributed by atoms with Crippen LogP contribution in [0.1, 0.15) is 44.9 Å². The molecule has 0 aromatic carbocycles. The zero-order chi connectivity index (χ0) is 26.6. The average Bonchev–Trinajstić information content (AvgIpc) is 3.47. The highest BCUT2D eigenvalue weighted by atomic mass is 16.3. The van der Waals surface area contributed by atoms with E-state index in [0.717, 1.165) is 43.7 Å². The second-order valence-corrected chi connectivity index (χ2v) is 11.7. The smallest absolute Gasteiger partial charge is 0.236 e. The number of hydrogen-bond donors (Lipinski definition) is 6. The molecule has 3 saturated heterocycles. The summed E-state index contributed by atoms with van der Waals surface area (Å²) in [5.74, 6) is 3.92. The fourth-order valence-electron chi connectivity index (χ4n) is 6.66. The van der Waals surface area contributed by atoms with Crippen LogP contribution in [0.25, 0.3) is 0 Å². The maximum atomic E-state index is 12.9. The van der Waals surface area contributed by atoms with Crippen molar-refractivity contribution in [3.63, 3.8) is 0 Å². The number of nitrogens with one attached hydrogen (secondary N) is 5. The maximum Gasteiger partial charge on any atom is 0.236 e. The number of allylic oxidation sites excluding steroid dienone is 2. The van der Waals surface area contributed by atoms with Gasteiger partial charge in [0.25, 0.3) is 0 Å². The number of amides is 1. The Morgan fingerprint density at radius 2 is 2.00 bits per heavy atom. The molecule has 0 aromatic heterocycles. The summed E-state index contributed by atoms with van der Waals surface area (Å²) in [6, 6.07) is 1.27. The molecule has 5 unspecified atom stereocenters. The van der Waals surface area contributed by atoms with E-state index in [9.17, 15) is 9.90 Å². The minimum absolute atomic E-state index is 0.0495. The summed E-state index contributed by atoms with van der Waals surface area (Å²) in [5.41, 5.74) is 0.986. The van der Waals surface area contributed by atoms with E-state index in [-0.39, 0.29) is 24.3 Å². The van der Waals surface area contributed by atoms with E-state index in [1.165, 1.54) is 25.7 Å². The predicted molar refractivity (Wildman–Crippen MR) is 148 cm³/mol. The van der Waals surface area contributed by atoms with Gasteiger partial charge in [-0.3, -0.25) is 25.2 Å². The van der Waals surface area contributed by atoms with Gasteiger partial charge in [-0.2, -0.15) is 0 Å². The number of carbonyl (C=O) groups excluding carboxylic acids is 1. The standard InChI is InChI=1S/C28H46N8O2/c1-4-19-14-31-28(33-26(19)35(18-25(37)34(2)3)22-9-7-5-6-8-10-22)32-24-12-11-20(15-30-24)27(38)36-17-21-13-23(36)16-29-21/h1,11-12,19,21-23,26-33,38H,5-10,13-18H2,2-3H3/t19?,21?,23?,26?,27-,28?/m0/s1. The molecule has 1 amide bonds. The number of rotatable bonds is 8. The van der Waals surface area contributed by atoms with Crippen molar-refractivity contribution in [3.8, 4) is 12.3 Å². The fourth-order valence-corrected chi connectivity index (χ4v) is 6.66. The molecule has 210 valence electrons. The molecule has 0 radical (unpaired) electrons. The molecular formula is C28H46N8O2. The largest absolute Gasteiger partial charge is 0.374 e. The number of piperazine rings is 1. The van der Waals surface area contributed by atoms with Crippen LogP contribution in [0.4, 0.5) is 0 Å². The van der Waals surface area contributed by atoms with Crippen molar-refractivity contribution in [1.82, 2.24) is 41.3 Å². The fraction of sp³-hybridized carbons (Fsp3) is 0.750. The first-order valence-electron chi connectivity index (χ1n) is 14.4. The van der Waals surface area contributed by atoms with E-state index in [0.29, 0.717) is 37.8 Å². The summed E-state index contributed by atoms with van der Waals surface area (Å²) >= 11 is 0. The third kappa shape index (κ3) is 6.19. The quantitative estimate of drug-likeness (QED) is 0.184. The second-order valence-electron chi connectivity index (χ2n) is 11.7. The number of dihydropyridines is 1. The first-order valence-corrected chi connectivity index (χ1v) is 14.4. The van der Waals surface area contributed by atoms with Crippen LogP contribution in [0.3, 0.4) is 0 Å². The number of likely N-dealkylation sites (tertiary alicyclic amines) is 1. The molecule has 5 aliphatic rings. The molecule has 0 aromatic rings. The summed E-state index contributed by atoms with van der Waals surface area (Å²) < 4.78 is 0. The lowest BCUT2D eigenvalue weighted by molar-refractivity contribution is -0.132. The van der Waals surface area contributed by atoms with Gasteiger partial charge < -0.3 is 26.0 Å². The predicted octanol–water partition coefficient (Wildman–Crippen LogP) is -0.524. The van der Waals surface area contributed by atoms with Crippen molar-refractivity contribution in [2.75, 3.05) is 46.8 Å². The van der Waals surface area contributed by atoms with Crippen LogP contribution in [0.2, 0.25) is 0 Å². The Hall–Kier alpha value is -2.13. The molecule has 5 rings (SSSR count). The lowest BCUT2D eigenvalue weighted by Gasteiger charge is -2.46. The summed E-state index contributed by atoms with van der Waals surface area (Å²) in [4.78, 5) is 19.1. The molecule has 1 aliphatic carbocycles. The van der Waals surface area contributed by atoms with E-state index >= 15 is 0 Å². The van der Waals surface area contributed by atoms with Crippen molar-refractivity contribution >= 4 is 5.91 Å². The monoisotopic (exact) mass is 526 g/mol. The molecule has 4 fully saturated rings. The van der Waals surface area contributed by atoms with Gasteiger partial charge >= 0.3 is 0 Å². The summed E-state index contributed by atoms with van der Waals surface area (Å²) in [7, 11) is 3.63. The summed E-state index contributed by atoms with van der Waals surface area (Å²) in [6.07, 6.45) is 17.4. The molecule has 6 atom stereocenters. The Labute approximate surface area is 227 Å². The number of aliphatic hydroxyl groups excluding tert-OH is 1. The zero-order valence-electron chi connectivity index (χ0n) is 23.0. The molecule has 6 N–H and O–H groups in total. The average molecular weight is 527 g/mol. The van der Waals surface area contributed by atoms with Crippen LogP contribution in [0, 0.1) is 18.3 Å². The van der Waals surface area contributed by atoms with Gasteiger partial charge in [0.05, 0.1) is 18.6 Å². The highest BCUT2D eigenvalue weighted by Gasteiger charge is 2.42. The van der Waals surface area contributed by atoms with E-state index in [1.54, 1.807) is 4.90 Å². The van der Waals surface area contributed by atoms with Crippen molar-refractivity contribution in [3.05, 3.63) is 23.5 Å². The highest BCUT2D eigenvalue weighted by Crippen LogP contribution is 2.28. The number of hydrogen-bond acceptors (Lipinski definition) is 9.